The minimum atomic E-state index is 1.22. The Morgan fingerprint density at radius 1 is 0.615 bits per heavy atom. The van der Waals surface area contributed by atoms with E-state index in [0.29, 0.717) is 0 Å². The van der Waals surface area contributed by atoms with Crippen molar-refractivity contribution in [3.05, 3.63) is 71.8 Å². The van der Waals surface area contributed by atoms with Gasteiger partial charge in [0.25, 0.3) is 0 Å². The molecule has 0 spiro atoms. The lowest BCUT2D eigenvalue weighted by Gasteiger charge is -2.02. The summed E-state index contributed by atoms with van der Waals surface area (Å²) in [5.41, 5.74) is 5.08. The average Bonchev–Trinajstić information content (AvgIpc) is 3.18. The van der Waals surface area contributed by atoms with Crippen LogP contribution in [0.4, 0.5) is 0 Å². The van der Waals surface area contributed by atoms with Gasteiger partial charge in [-0.15, -0.1) is 11.3 Å². The first-order valence-electron chi connectivity index (χ1n) is 8.96. The predicted molar refractivity (Wildman–Crippen MR) is 116 cm³/mol. The number of aromatic amines is 1. The topological polar surface area (TPSA) is 15.8 Å². The van der Waals surface area contributed by atoms with Crippen LogP contribution in [0.3, 0.4) is 0 Å². The zero-order chi connectivity index (χ0) is 17.4. The van der Waals surface area contributed by atoms with Gasteiger partial charge in [-0.2, -0.15) is 0 Å². The third-order valence-corrected chi connectivity index (χ3v) is 6.72. The molecule has 26 heavy (non-hydrogen) atoms. The zero-order valence-corrected chi connectivity index (χ0v) is 15.5. The smallest absolute Gasteiger partial charge is 0.0545 e. The molecule has 0 amide bonds. The summed E-state index contributed by atoms with van der Waals surface area (Å²) in [5, 5.41) is 8.00. The molecule has 0 aliphatic carbocycles. The molecular formula is C24H17NS. The van der Waals surface area contributed by atoms with Crippen molar-refractivity contribution in [2.75, 3.05) is 0 Å². The normalized spacial score (nSPS) is 12.2. The van der Waals surface area contributed by atoms with Crippen molar-refractivity contribution in [3.63, 3.8) is 0 Å². The molecule has 4 aromatic carbocycles. The number of fused-ring (bicyclic) bond motifs is 9. The number of hydrogen-bond donors (Lipinski definition) is 1. The molecule has 0 atom stereocenters. The molecule has 2 heteroatoms. The van der Waals surface area contributed by atoms with Gasteiger partial charge in [-0.3, -0.25) is 0 Å². The van der Waals surface area contributed by atoms with E-state index in [0.717, 1.165) is 0 Å². The number of aryl methyl sites for hydroxylation is 2. The fourth-order valence-electron chi connectivity index (χ4n) is 4.24. The minimum Gasteiger partial charge on any atom is -0.354 e. The summed E-state index contributed by atoms with van der Waals surface area (Å²) in [6.45, 7) is 4.31. The van der Waals surface area contributed by atoms with Gasteiger partial charge in [0, 0.05) is 47.2 Å². The Labute approximate surface area is 154 Å². The van der Waals surface area contributed by atoms with Crippen LogP contribution < -0.4 is 0 Å². The zero-order valence-electron chi connectivity index (χ0n) is 14.7. The highest BCUT2D eigenvalue weighted by molar-refractivity contribution is 7.26. The molecule has 0 saturated carbocycles. The van der Waals surface area contributed by atoms with E-state index in [9.17, 15) is 0 Å². The maximum atomic E-state index is 3.67. The molecule has 0 bridgehead atoms. The summed E-state index contributed by atoms with van der Waals surface area (Å²) in [4.78, 5) is 3.67. The van der Waals surface area contributed by atoms with E-state index in [1.165, 1.54) is 63.9 Å². The number of H-pyrrole nitrogens is 1. The second kappa shape index (κ2) is 4.87. The number of aromatic nitrogens is 1. The third kappa shape index (κ3) is 1.80. The molecule has 0 saturated heterocycles. The van der Waals surface area contributed by atoms with Crippen LogP contribution in [0.2, 0.25) is 0 Å². The molecule has 6 rings (SSSR count). The van der Waals surface area contributed by atoms with Crippen LogP contribution in [0.5, 0.6) is 0 Å². The largest absolute Gasteiger partial charge is 0.354 e. The standard InChI is InChI=1S/C24H17NS/c1-13-3-5-15-17-7-10-20-18(23(17)25-21(15)11-13)8-9-19-16-6-4-14(2)12-22(16)26-24(19)20/h3-12,25H,1-2H3. The van der Waals surface area contributed by atoms with Crippen LogP contribution in [-0.4, -0.2) is 4.98 Å². The summed E-state index contributed by atoms with van der Waals surface area (Å²) < 4.78 is 2.76. The average molecular weight is 351 g/mol. The highest BCUT2D eigenvalue weighted by Gasteiger charge is 2.12. The molecule has 0 aliphatic rings. The first kappa shape index (κ1) is 14.3. The van der Waals surface area contributed by atoms with Crippen molar-refractivity contribution >= 4 is 64.1 Å². The van der Waals surface area contributed by atoms with Gasteiger partial charge in [-0.25, -0.2) is 0 Å². The summed E-state index contributed by atoms with van der Waals surface area (Å²) in [6.07, 6.45) is 0. The fourth-order valence-corrected chi connectivity index (χ4v) is 5.57. The lowest BCUT2D eigenvalue weighted by Crippen LogP contribution is -1.76. The highest BCUT2D eigenvalue weighted by atomic mass is 32.1. The van der Waals surface area contributed by atoms with Gasteiger partial charge >= 0.3 is 0 Å². The monoisotopic (exact) mass is 351 g/mol. The number of rotatable bonds is 0. The second-order valence-corrected chi connectivity index (χ2v) is 8.35. The molecule has 0 fully saturated rings. The van der Waals surface area contributed by atoms with E-state index in [1.807, 2.05) is 11.3 Å². The molecule has 124 valence electrons. The lowest BCUT2D eigenvalue weighted by atomic mass is 10.0. The number of benzene rings is 4. The van der Waals surface area contributed by atoms with E-state index in [2.05, 4.69) is 79.5 Å². The Morgan fingerprint density at radius 2 is 1.19 bits per heavy atom. The summed E-state index contributed by atoms with van der Waals surface area (Å²) in [6, 6.07) is 22.6. The molecule has 1 nitrogen and oxygen atoms in total. The van der Waals surface area contributed by atoms with Crippen LogP contribution in [-0.2, 0) is 0 Å². The molecule has 2 aromatic heterocycles. The van der Waals surface area contributed by atoms with Gasteiger partial charge in [0.15, 0.2) is 0 Å². The van der Waals surface area contributed by atoms with Gasteiger partial charge in [0.2, 0.25) is 0 Å². The van der Waals surface area contributed by atoms with Gasteiger partial charge < -0.3 is 4.98 Å². The molecule has 6 aromatic rings. The van der Waals surface area contributed by atoms with Gasteiger partial charge in [-0.1, -0.05) is 48.5 Å². The van der Waals surface area contributed by atoms with Crippen LogP contribution in [0.1, 0.15) is 11.1 Å². The fraction of sp³-hybridized carbons (Fsp3) is 0.0833. The van der Waals surface area contributed by atoms with Crippen LogP contribution in [0, 0.1) is 13.8 Å². The highest BCUT2D eigenvalue weighted by Crippen LogP contribution is 2.41. The van der Waals surface area contributed by atoms with E-state index >= 15 is 0 Å². The molecular weight excluding hydrogens is 334 g/mol. The summed E-state index contributed by atoms with van der Waals surface area (Å²) in [5.74, 6) is 0. The Kier molecular flexibility index (Phi) is 2.68. The predicted octanol–water partition coefficient (Wildman–Crippen LogP) is 7.46. The van der Waals surface area contributed by atoms with Crippen molar-refractivity contribution in [1.82, 2.24) is 4.98 Å². The van der Waals surface area contributed by atoms with Crippen molar-refractivity contribution < 1.29 is 0 Å². The Hall–Kier alpha value is -2.84. The maximum Gasteiger partial charge on any atom is 0.0545 e. The van der Waals surface area contributed by atoms with E-state index in [4.69, 9.17) is 0 Å². The minimum absolute atomic E-state index is 1.22. The molecule has 0 aliphatic heterocycles. The lowest BCUT2D eigenvalue weighted by molar-refractivity contribution is 1.48. The Morgan fingerprint density at radius 3 is 2.00 bits per heavy atom. The first-order chi connectivity index (χ1) is 12.7. The number of nitrogens with one attached hydrogen (secondary N) is 1. The first-order valence-corrected chi connectivity index (χ1v) is 9.77. The molecule has 1 N–H and O–H groups in total. The van der Waals surface area contributed by atoms with Crippen molar-refractivity contribution in [2.45, 2.75) is 13.8 Å². The SMILES string of the molecule is Cc1ccc2c(c1)[nH]c1c2ccc2c1ccc1c3ccc(C)cc3sc12. The molecule has 0 radical (unpaired) electrons. The molecule has 2 heterocycles. The summed E-state index contributed by atoms with van der Waals surface area (Å²) in [7, 11) is 0. The summed E-state index contributed by atoms with van der Waals surface area (Å²) >= 11 is 1.91. The second-order valence-electron chi connectivity index (χ2n) is 7.30. The van der Waals surface area contributed by atoms with Gasteiger partial charge in [-0.05, 0) is 37.1 Å². The number of thiophene rings is 1. The molecule has 0 unspecified atom stereocenters. The van der Waals surface area contributed by atoms with Crippen molar-refractivity contribution in [3.8, 4) is 0 Å². The van der Waals surface area contributed by atoms with Gasteiger partial charge in [0.1, 0.15) is 0 Å². The van der Waals surface area contributed by atoms with E-state index < -0.39 is 0 Å². The van der Waals surface area contributed by atoms with E-state index in [1.54, 1.807) is 0 Å². The van der Waals surface area contributed by atoms with Crippen LogP contribution in [0.15, 0.2) is 60.7 Å². The van der Waals surface area contributed by atoms with Crippen molar-refractivity contribution in [1.29, 1.82) is 0 Å². The Balaban J connectivity index is 1.81. The van der Waals surface area contributed by atoms with Crippen LogP contribution in [0.25, 0.3) is 52.8 Å². The van der Waals surface area contributed by atoms with Gasteiger partial charge in [0.05, 0.1) is 5.52 Å². The number of hydrogen-bond acceptors (Lipinski definition) is 1. The van der Waals surface area contributed by atoms with E-state index in [-0.39, 0.29) is 0 Å². The van der Waals surface area contributed by atoms with Crippen molar-refractivity contribution in [2.24, 2.45) is 0 Å². The third-order valence-electron chi connectivity index (χ3n) is 5.52. The van der Waals surface area contributed by atoms with Crippen LogP contribution >= 0.6 is 11.3 Å². The Bertz CT molecular complexity index is 1380. The quantitative estimate of drug-likeness (QED) is 0.292. The maximum absolute atomic E-state index is 3.67.